The van der Waals surface area contributed by atoms with E-state index in [1.54, 1.807) is 0 Å². The molecule has 0 aliphatic rings. The van der Waals surface area contributed by atoms with Gasteiger partial charge in [-0.25, -0.2) is 0 Å². The van der Waals surface area contributed by atoms with Gasteiger partial charge in [-0.1, -0.05) is 42.4 Å². The lowest BCUT2D eigenvalue weighted by Gasteiger charge is -2.15. The average Bonchev–Trinajstić information content (AvgIpc) is 2.81. The van der Waals surface area contributed by atoms with E-state index in [2.05, 4.69) is 47.7 Å². The molecular weight excluding hydrogens is 224 g/mol. The summed E-state index contributed by atoms with van der Waals surface area (Å²) < 4.78 is 5.20. The summed E-state index contributed by atoms with van der Waals surface area (Å²) in [4.78, 5) is 0. The fourth-order valence-electron chi connectivity index (χ4n) is 2.00. The molecule has 2 aromatic rings. The van der Waals surface area contributed by atoms with Crippen LogP contribution in [0.2, 0.25) is 0 Å². The second-order valence-corrected chi connectivity index (χ2v) is 4.61. The number of hydrogen-bond acceptors (Lipinski definition) is 3. The second-order valence-electron chi connectivity index (χ2n) is 4.61. The van der Waals surface area contributed by atoms with Crippen molar-refractivity contribution < 1.29 is 4.52 Å². The molecule has 0 aliphatic heterocycles. The van der Waals surface area contributed by atoms with Crippen LogP contribution in [0.25, 0.3) is 0 Å². The maximum Gasteiger partial charge on any atom is 0.150 e. The Labute approximate surface area is 108 Å². The van der Waals surface area contributed by atoms with Gasteiger partial charge in [0.05, 0.1) is 12.2 Å². The quantitative estimate of drug-likeness (QED) is 0.848. The minimum Gasteiger partial charge on any atom is -0.360 e. The first-order valence-electron chi connectivity index (χ1n) is 6.47. The first kappa shape index (κ1) is 12.8. The van der Waals surface area contributed by atoms with Crippen molar-refractivity contribution >= 4 is 0 Å². The van der Waals surface area contributed by atoms with Gasteiger partial charge in [0.1, 0.15) is 0 Å². The molecule has 1 N–H and O–H groups in total. The molecule has 1 heterocycles. The van der Waals surface area contributed by atoms with E-state index >= 15 is 0 Å². The Morgan fingerprint density at radius 1 is 1.28 bits per heavy atom. The Morgan fingerprint density at radius 2 is 2.06 bits per heavy atom. The third-order valence-electron chi connectivity index (χ3n) is 3.06. The Morgan fingerprint density at radius 3 is 2.67 bits per heavy atom. The normalized spacial score (nSPS) is 12.6. The van der Waals surface area contributed by atoms with Crippen molar-refractivity contribution in [3.63, 3.8) is 0 Å². The van der Waals surface area contributed by atoms with E-state index < -0.39 is 0 Å². The van der Waals surface area contributed by atoms with E-state index in [0.717, 1.165) is 30.8 Å². The third kappa shape index (κ3) is 3.70. The number of rotatable bonds is 6. The summed E-state index contributed by atoms with van der Waals surface area (Å²) in [7, 11) is 0. The van der Waals surface area contributed by atoms with Crippen molar-refractivity contribution in [2.24, 2.45) is 0 Å². The molecule has 96 valence electrons. The van der Waals surface area contributed by atoms with Crippen molar-refractivity contribution in [2.45, 2.75) is 39.3 Å². The van der Waals surface area contributed by atoms with Gasteiger partial charge in [-0.15, -0.1) is 0 Å². The minimum atomic E-state index is 0.470. The van der Waals surface area contributed by atoms with E-state index in [-0.39, 0.29) is 0 Å². The van der Waals surface area contributed by atoms with Crippen LogP contribution >= 0.6 is 0 Å². The van der Waals surface area contributed by atoms with Gasteiger partial charge in [0.25, 0.3) is 0 Å². The topological polar surface area (TPSA) is 38.1 Å². The van der Waals surface area contributed by atoms with Crippen LogP contribution in [0.3, 0.4) is 0 Å². The molecule has 2 rings (SSSR count). The van der Waals surface area contributed by atoms with Gasteiger partial charge >= 0.3 is 0 Å². The molecule has 1 aromatic carbocycles. The predicted molar refractivity (Wildman–Crippen MR) is 72.3 cm³/mol. The molecule has 0 spiro atoms. The molecule has 3 nitrogen and oxygen atoms in total. The Bertz CT molecular complexity index is 464. The van der Waals surface area contributed by atoms with Gasteiger partial charge in [-0.3, -0.25) is 0 Å². The van der Waals surface area contributed by atoms with Crippen molar-refractivity contribution in [3.05, 3.63) is 53.4 Å². The summed E-state index contributed by atoms with van der Waals surface area (Å²) in [5.41, 5.74) is 2.30. The summed E-state index contributed by atoms with van der Waals surface area (Å²) in [6.45, 7) is 4.88. The average molecular weight is 244 g/mol. The highest BCUT2D eigenvalue weighted by molar-refractivity contribution is 5.16. The van der Waals surface area contributed by atoms with E-state index in [0.29, 0.717) is 6.04 Å². The van der Waals surface area contributed by atoms with Crippen LogP contribution in [0, 0.1) is 6.92 Å². The Hall–Kier alpha value is -1.61. The van der Waals surface area contributed by atoms with Crippen LogP contribution < -0.4 is 5.32 Å². The third-order valence-corrected chi connectivity index (χ3v) is 3.06. The first-order valence-corrected chi connectivity index (χ1v) is 6.47. The molecule has 0 amide bonds. The zero-order valence-electron chi connectivity index (χ0n) is 11.0. The smallest absolute Gasteiger partial charge is 0.150 e. The molecule has 18 heavy (non-hydrogen) atoms. The molecule has 1 atom stereocenters. The van der Waals surface area contributed by atoms with Crippen molar-refractivity contribution in [3.8, 4) is 0 Å². The van der Waals surface area contributed by atoms with Crippen LogP contribution in [0.1, 0.15) is 30.4 Å². The zero-order valence-corrected chi connectivity index (χ0v) is 11.0. The first-order chi connectivity index (χ1) is 8.78. The molecule has 0 saturated carbocycles. The van der Waals surface area contributed by atoms with Crippen molar-refractivity contribution in [2.75, 3.05) is 0 Å². The van der Waals surface area contributed by atoms with Crippen LogP contribution in [0.15, 0.2) is 40.9 Å². The van der Waals surface area contributed by atoms with Gasteiger partial charge in [0.2, 0.25) is 0 Å². The van der Waals surface area contributed by atoms with E-state index in [1.807, 2.05) is 13.0 Å². The summed E-state index contributed by atoms with van der Waals surface area (Å²) in [5, 5.41) is 7.40. The highest BCUT2D eigenvalue weighted by Gasteiger charge is 2.08. The monoisotopic (exact) mass is 244 g/mol. The van der Waals surface area contributed by atoms with Crippen LogP contribution in [-0.4, -0.2) is 11.2 Å². The maximum atomic E-state index is 5.20. The highest BCUT2D eigenvalue weighted by atomic mass is 16.5. The zero-order chi connectivity index (χ0) is 12.8. The summed E-state index contributed by atoms with van der Waals surface area (Å²) >= 11 is 0. The van der Waals surface area contributed by atoms with Crippen LogP contribution in [-0.2, 0) is 13.0 Å². The van der Waals surface area contributed by atoms with E-state index in [9.17, 15) is 0 Å². The molecule has 0 saturated heterocycles. The van der Waals surface area contributed by atoms with Gasteiger partial charge < -0.3 is 9.84 Å². The lowest BCUT2D eigenvalue weighted by molar-refractivity contribution is 0.357. The molecule has 0 aliphatic carbocycles. The second kappa shape index (κ2) is 6.36. The molecule has 1 unspecified atom stereocenters. The lowest BCUT2D eigenvalue weighted by atomic mass is 10.0. The molecular formula is C15H20N2O. The number of benzene rings is 1. The summed E-state index contributed by atoms with van der Waals surface area (Å²) in [5.74, 6) is 0.902. The Kier molecular flexibility index (Phi) is 4.53. The SMILES string of the molecule is CCC(Cc1ccccc1)NCc1cc(C)no1. The van der Waals surface area contributed by atoms with Gasteiger partial charge in [-0.2, -0.15) is 0 Å². The fourth-order valence-corrected chi connectivity index (χ4v) is 2.00. The van der Waals surface area contributed by atoms with Crippen molar-refractivity contribution in [1.82, 2.24) is 10.5 Å². The number of nitrogens with zero attached hydrogens (tertiary/aromatic N) is 1. The van der Waals surface area contributed by atoms with Gasteiger partial charge in [-0.05, 0) is 25.3 Å². The van der Waals surface area contributed by atoms with Gasteiger partial charge in [0.15, 0.2) is 5.76 Å². The minimum absolute atomic E-state index is 0.470. The van der Waals surface area contributed by atoms with E-state index in [4.69, 9.17) is 4.52 Å². The number of aromatic nitrogens is 1. The molecule has 3 heteroatoms. The standard InChI is InChI=1S/C15H20N2O/c1-3-14(10-13-7-5-4-6-8-13)16-11-15-9-12(2)17-18-15/h4-9,14,16H,3,10-11H2,1-2H3. The van der Waals surface area contributed by atoms with E-state index in [1.165, 1.54) is 5.56 Å². The lowest BCUT2D eigenvalue weighted by Crippen LogP contribution is -2.29. The molecule has 0 radical (unpaired) electrons. The summed E-state index contributed by atoms with van der Waals surface area (Å²) in [6.07, 6.45) is 2.15. The number of aryl methyl sites for hydroxylation is 1. The molecule has 0 bridgehead atoms. The van der Waals surface area contributed by atoms with Crippen LogP contribution in [0.4, 0.5) is 0 Å². The number of hydrogen-bond donors (Lipinski definition) is 1. The highest BCUT2D eigenvalue weighted by Crippen LogP contribution is 2.07. The molecule has 1 aromatic heterocycles. The van der Waals surface area contributed by atoms with Gasteiger partial charge in [0, 0.05) is 12.1 Å². The maximum absolute atomic E-state index is 5.20. The summed E-state index contributed by atoms with van der Waals surface area (Å²) in [6, 6.07) is 13.0. The van der Waals surface area contributed by atoms with Crippen molar-refractivity contribution in [1.29, 1.82) is 0 Å². The fraction of sp³-hybridized carbons (Fsp3) is 0.400. The number of nitrogens with one attached hydrogen (secondary N) is 1. The predicted octanol–water partition coefficient (Wildman–Crippen LogP) is 3.09. The molecule has 0 fully saturated rings. The Balaban J connectivity index is 1.86. The van der Waals surface area contributed by atoms with Crippen LogP contribution in [0.5, 0.6) is 0 Å². The largest absolute Gasteiger partial charge is 0.360 e.